The fourth-order valence-corrected chi connectivity index (χ4v) is 2.57. The first-order valence-corrected chi connectivity index (χ1v) is 8.88. The van der Waals surface area contributed by atoms with Gasteiger partial charge in [-0.2, -0.15) is 0 Å². The Bertz CT molecular complexity index is 935. The monoisotopic (exact) mass is 397 g/mol. The van der Waals surface area contributed by atoms with Crippen LogP contribution in [0.25, 0.3) is 0 Å². The molecular weight excluding hydrogens is 374 g/mol. The lowest BCUT2D eigenvalue weighted by molar-refractivity contribution is -0.119. The summed E-state index contributed by atoms with van der Waals surface area (Å²) in [6.45, 7) is 5.93. The molecule has 0 unspecified atom stereocenters. The molecule has 3 amide bonds. The summed E-state index contributed by atoms with van der Waals surface area (Å²) in [7, 11) is 0. The zero-order valence-corrected chi connectivity index (χ0v) is 16.7. The molecule has 0 aliphatic carbocycles. The summed E-state index contributed by atoms with van der Waals surface area (Å²) in [6, 6.07) is 9.95. The second-order valence-corrected chi connectivity index (χ2v) is 6.60. The molecule has 2 aromatic rings. The van der Waals surface area contributed by atoms with Crippen LogP contribution in [0.4, 0.5) is 17.1 Å². The summed E-state index contributed by atoms with van der Waals surface area (Å²) in [6.07, 6.45) is 0. The molecule has 0 spiro atoms. The van der Waals surface area contributed by atoms with E-state index in [4.69, 9.17) is 4.74 Å². The van der Waals surface area contributed by atoms with Crippen molar-refractivity contribution in [1.29, 1.82) is 0 Å². The maximum Gasteiger partial charge on any atom is 0.338 e. The number of amides is 3. The SMILES string of the molecule is CC(=O)Nc1cc(NC(C)=O)cc(C(=O)OCC(=O)Nc2cc(C)ccc2C)c1. The molecule has 2 aromatic carbocycles. The fraction of sp³-hybridized carbons (Fsp3) is 0.238. The highest BCUT2D eigenvalue weighted by Crippen LogP contribution is 2.20. The van der Waals surface area contributed by atoms with Crippen molar-refractivity contribution in [3.05, 3.63) is 53.1 Å². The molecule has 8 nitrogen and oxygen atoms in total. The number of hydrogen-bond donors (Lipinski definition) is 3. The molecule has 152 valence electrons. The van der Waals surface area contributed by atoms with E-state index in [1.807, 2.05) is 32.0 Å². The standard InChI is InChI=1S/C21H23N3O5/c1-12-5-6-13(2)19(7-12)24-20(27)11-29-21(28)16-8-17(22-14(3)25)10-18(9-16)23-15(4)26/h5-10H,11H2,1-4H3,(H,22,25)(H,23,26)(H,24,27). The topological polar surface area (TPSA) is 114 Å². The zero-order valence-electron chi connectivity index (χ0n) is 16.7. The first-order chi connectivity index (χ1) is 13.6. The summed E-state index contributed by atoms with van der Waals surface area (Å²) in [4.78, 5) is 47.1. The number of rotatable bonds is 6. The third-order valence-electron chi connectivity index (χ3n) is 3.81. The van der Waals surface area contributed by atoms with E-state index >= 15 is 0 Å². The van der Waals surface area contributed by atoms with Crippen LogP contribution in [-0.2, 0) is 19.1 Å². The molecule has 0 atom stereocenters. The lowest BCUT2D eigenvalue weighted by Crippen LogP contribution is -2.21. The van der Waals surface area contributed by atoms with E-state index in [0.717, 1.165) is 11.1 Å². The van der Waals surface area contributed by atoms with E-state index in [2.05, 4.69) is 16.0 Å². The molecule has 0 aromatic heterocycles. The van der Waals surface area contributed by atoms with Crippen LogP contribution in [0.2, 0.25) is 0 Å². The number of hydrogen-bond acceptors (Lipinski definition) is 5. The predicted molar refractivity (Wildman–Crippen MR) is 110 cm³/mol. The van der Waals surface area contributed by atoms with Gasteiger partial charge >= 0.3 is 5.97 Å². The molecule has 0 saturated heterocycles. The number of esters is 1. The highest BCUT2D eigenvalue weighted by Gasteiger charge is 2.14. The molecule has 0 heterocycles. The van der Waals surface area contributed by atoms with Crippen LogP contribution in [0.3, 0.4) is 0 Å². The molecule has 2 rings (SSSR count). The number of ether oxygens (including phenoxy) is 1. The maximum atomic E-state index is 12.4. The van der Waals surface area contributed by atoms with Gasteiger partial charge in [-0.05, 0) is 49.2 Å². The Balaban J connectivity index is 2.08. The second kappa shape index (κ2) is 9.50. The van der Waals surface area contributed by atoms with Gasteiger partial charge in [0, 0.05) is 30.9 Å². The number of carbonyl (C=O) groups is 4. The highest BCUT2D eigenvalue weighted by molar-refractivity contribution is 5.99. The normalized spacial score (nSPS) is 10.1. The number of benzene rings is 2. The smallest absolute Gasteiger partial charge is 0.338 e. The Morgan fingerprint density at radius 1 is 0.828 bits per heavy atom. The molecule has 8 heteroatoms. The highest BCUT2D eigenvalue weighted by atomic mass is 16.5. The maximum absolute atomic E-state index is 12.4. The van der Waals surface area contributed by atoms with E-state index in [0.29, 0.717) is 17.1 Å². The lowest BCUT2D eigenvalue weighted by atomic mass is 10.1. The van der Waals surface area contributed by atoms with Crippen LogP contribution in [0.1, 0.15) is 35.3 Å². The Morgan fingerprint density at radius 3 is 1.97 bits per heavy atom. The van der Waals surface area contributed by atoms with Crippen LogP contribution < -0.4 is 16.0 Å². The molecule has 29 heavy (non-hydrogen) atoms. The van der Waals surface area contributed by atoms with Crippen LogP contribution in [0.15, 0.2) is 36.4 Å². The van der Waals surface area contributed by atoms with Crippen LogP contribution in [-0.4, -0.2) is 30.3 Å². The molecule has 0 bridgehead atoms. The first-order valence-electron chi connectivity index (χ1n) is 8.88. The van der Waals surface area contributed by atoms with Gasteiger partial charge in [0.05, 0.1) is 5.56 Å². The number of anilines is 3. The van der Waals surface area contributed by atoms with Gasteiger partial charge < -0.3 is 20.7 Å². The van der Waals surface area contributed by atoms with E-state index in [9.17, 15) is 19.2 Å². The van der Waals surface area contributed by atoms with Gasteiger partial charge in [-0.3, -0.25) is 14.4 Å². The van der Waals surface area contributed by atoms with Crippen molar-refractivity contribution in [1.82, 2.24) is 0 Å². The number of nitrogens with one attached hydrogen (secondary N) is 3. The molecule has 0 aliphatic heterocycles. The third-order valence-corrected chi connectivity index (χ3v) is 3.81. The number of carbonyl (C=O) groups excluding carboxylic acids is 4. The molecule has 0 radical (unpaired) electrons. The van der Waals surface area contributed by atoms with E-state index in [1.54, 1.807) is 0 Å². The minimum atomic E-state index is -0.764. The summed E-state index contributed by atoms with van der Waals surface area (Å²) in [5.74, 6) is -1.92. The molecule has 0 aliphatic rings. The average molecular weight is 397 g/mol. The Labute approximate surface area is 168 Å². The first kappa shape index (κ1) is 21.6. The van der Waals surface area contributed by atoms with Crippen LogP contribution in [0.5, 0.6) is 0 Å². The summed E-state index contributed by atoms with van der Waals surface area (Å²) in [5, 5.41) is 7.79. The van der Waals surface area contributed by atoms with Crippen LogP contribution in [0, 0.1) is 13.8 Å². The van der Waals surface area contributed by atoms with Gasteiger partial charge in [0.2, 0.25) is 11.8 Å². The summed E-state index contributed by atoms with van der Waals surface area (Å²) in [5.41, 5.74) is 3.23. The Hall–Kier alpha value is -3.68. The Kier molecular flexibility index (Phi) is 7.08. The van der Waals surface area contributed by atoms with Crippen molar-refractivity contribution in [3.8, 4) is 0 Å². The minimum absolute atomic E-state index is 0.0829. The summed E-state index contributed by atoms with van der Waals surface area (Å²) >= 11 is 0. The molecule has 0 saturated carbocycles. The van der Waals surface area contributed by atoms with Crippen molar-refractivity contribution < 1.29 is 23.9 Å². The van der Waals surface area contributed by atoms with Gasteiger partial charge in [-0.15, -0.1) is 0 Å². The molecule has 0 fully saturated rings. The largest absolute Gasteiger partial charge is 0.452 e. The van der Waals surface area contributed by atoms with Crippen molar-refractivity contribution >= 4 is 40.8 Å². The van der Waals surface area contributed by atoms with E-state index in [1.165, 1.54) is 32.0 Å². The minimum Gasteiger partial charge on any atom is -0.452 e. The Morgan fingerprint density at radius 2 is 1.41 bits per heavy atom. The van der Waals surface area contributed by atoms with Gasteiger partial charge in [-0.25, -0.2) is 4.79 Å². The molecule has 3 N–H and O–H groups in total. The van der Waals surface area contributed by atoms with E-state index in [-0.39, 0.29) is 17.4 Å². The number of aryl methyl sites for hydroxylation is 2. The van der Waals surface area contributed by atoms with Crippen molar-refractivity contribution in [2.24, 2.45) is 0 Å². The second-order valence-electron chi connectivity index (χ2n) is 6.60. The van der Waals surface area contributed by atoms with Gasteiger partial charge in [0.15, 0.2) is 6.61 Å². The van der Waals surface area contributed by atoms with Gasteiger partial charge in [0.1, 0.15) is 0 Å². The van der Waals surface area contributed by atoms with Crippen molar-refractivity contribution in [2.45, 2.75) is 27.7 Å². The van der Waals surface area contributed by atoms with E-state index < -0.39 is 18.5 Å². The predicted octanol–water partition coefficient (Wildman–Crippen LogP) is 3.02. The fourth-order valence-electron chi connectivity index (χ4n) is 2.57. The third kappa shape index (κ3) is 6.76. The molecular formula is C21H23N3O5. The zero-order chi connectivity index (χ0) is 21.6. The summed E-state index contributed by atoms with van der Waals surface area (Å²) < 4.78 is 5.08. The van der Waals surface area contributed by atoms with Gasteiger partial charge in [0.25, 0.3) is 5.91 Å². The average Bonchev–Trinajstić information content (AvgIpc) is 2.61. The quantitative estimate of drug-likeness (QED) is 0.649. The van der Waals surface area contributed by atoms with Gasteiger partial charge in [-0.1, -0.05) is 12.1 Å². The lowest BCUT2D eigenvalue weighted by Gasteiger charge is -2.12. The van der Waals surface area contributed by atoms with Crippen molar-refractivity contribution in [3.63, 3.8) is 0 Å². The van der Waals surface area contributed by atoms with Crippen molar-refractivity contribution in [2.75, 3.05) is 22.6 Å². The van der Waals surface area contributed by atoms with Crippen LogP contribution >= 0.6 is 0 Å².